The molecule has 3 heteroatoms. The third-order valence-corrected chi connectivity index (χ3v) is 2.11. The van der Waals surface area contributed by atoms with Crippen molar-refractivity contribution in [3.8, 4) is 0 Å². The highest BCUT2D eigenvalue weighted by Crippen LogP contribution is 2.18. The molecule has 3 nitrogen and oxygen atoms in total. The first-order valence-corrected chi connectivity index (χ1v) is 4.90. The van der Waals surface area contributed by atoms with Crippen molar-refractivity contribution in [2.24, 2.45) is 5.92 Å². The molecule has 0 atom stereocenters. The van der Waals surface area contributed by atoms with Gasteiger partial charge in [0.05, 0.1) is 18.5 Å². The van der Waals surface area contributed by atoms with E-state index in [1.54, 1.807) is 12.4 Å². The van der Waals surface area contributed by atoms with Crippen LogP contribution in [-0.4, -0.2) is 23.7 Å². The fourth-order valence-corrected chi connectivity index (χ4v) is 1.54. The predicted molar refractivity (Wildman–Crippen MR) is 58.3 cm³/mol. The Morgan fingerprint density at radius 3 is 2.79 bits per heavy atom. The van der Waals surface area contributed by atoms with Crippen LogP contribution in [0, 0.1) is 5.92 Å². The molecule has 14 heavy (non-hydrogen) atoms. The number of rotatable bonds is 4. The molecule has 0 bridgehead atoms. The molecule has 0 saturated carbocycles. The Labute approximate surface area is 85.4 Å². The molecule has 0 unspecified atom stereocenters. The lowest BCUT2D eigenvalue weighted by atomic mass is 10.1. The van der Waals surface area contributed by atoms with Crippen LogP contribution in [0.25, 0.3) is 0 Å². The van der Waals surface area contributed by atoms with Crippen molar-refractivity contribution in [3.05, 3.63) is 24.0 Å². The second kappa shape index (κ2) is 4.96. The van der Waals surface area contributed by atoms with Crippen LogP contribution in [-0.2, 0) is 6.61 Å². The summed E-state index contributed by atoms with van der Waals surface area (Å²) in [4.78, 5) is 6.20. The molecular formula is C11H18N2O. The van der Waals surface area contributed by atoms with Gasteiger partial charge in [0.25, 0.3) is 0 Å². The quantitative estimate of drug-likeness (QED) is 0.792. The highest BCUT2D eigenvalue weighted by atomic mass is 16.3. The van der Waals surface area contributed by atoms with Crippen LogP contribution < -0.4 is 4.90 Å². The molecule has 0 aromatic carbocycles. The summed E-state index contributed by atoms with van der Waals surface area (Å²) in [7, 11) is 2.02. The number of nitrogens with zero attached hydrogens (tertiary/aromatic N) is 2. The summed E-state index contributed by atoms with van der Waals surface area (Å²) in [5.74, 6) is 0.603. The Kier molecular flexibility index (Phi) is 3.89. The summed E-state index contributed by atoms with van der Waals surface area (Å²) in [6.45, 7) is 5.38. The van der Waals surface area contributed by atoms with E-state index in [0.29, 0.717) is 5.92 Å². The lowest BCUT2D eigenvalue weighted by Gasteiger charge is -2.23. The molecule has 0 aliphatic carbocycles. The highest BCUT2D eigenvalue weighted by molar-refractivity contribution is 5.50. The molecule has 1 rings (SSSR count). The number of pyridine rings is 1. The number of aliphatic hydroxyl groups is 1. The van der Waals surface area contributed by atoms with E-state index in [0.717, 1.165) is 17.8 Å². The van der Waals surface area contributed by atoms with Crippen LogP contribution in [0.2, 0.25) is 0 Å². The zero-order valence-electron chi connectivity index (χ0n) is 9.07. The Balaban J connectivity index is 2.82. The summed E-state index contributed by atoms with van der Waals surface area (Å²) >= 11 is 0. The zero-order valence-corrected chi connectivity index (χ0v) is 9.07. The molecule has 1 N–H and O–H groups in total. The molecule has 1 aromatic rings. The molecule has 78 valence electrons. The molecule has 0 spiro atoms. The van der Waals surface area contributed by atoms with Crippen molar-refractivity contribution in [1.29, 1.82) is 0 Å². The van der Waals surface area contributed by atoms with Gasteiger partial charge in [-0.15, -0.1) is 0 Å². The minimum Gasteiger partial charge on any atom is -0.392 e. The average Bonchev–Trinajstić information content (AvgIpc) is 2.16. The van der Waals surface area contributed by atoms with Gasteiger partial charge in [0.1, 0.15) is 0 Å². The highest BCUT2D eigenvalue weighted by Gasteiger charge is 2.07. The van der Waals surface area contributed by atoms with Crippen molar-refractivity contribution in [2.45, 2.75) is 20.5 Å². The standard InChI is InChI=1S/C11H18N2O/c1-9(2)7-13(3)11-6-12-5-4-10(11)8-14/h4-6,9,14H,7-8H2,1-3H3. The van der Waals surface area contributed by atoms with Crippen LogP contribution in [0.3, 0.4) is 0 Å². The van der Waals surface area contributed by atoms with E-state index in [2.05, 4.69) is 23.7 Å². The Morgan fingerprint density at radius 1 is 1.50 bits per heavy atom. The first-order valence-electron chi connectivity index (χ1n) is 4.90. The van der Waals surface area contributed by atoms with Crippen LogP contribution in [0.1, 0.15) is 19.4 Å². The molecule has 1 heterocycles. The Hall–Kier alpha value is -1.09. The van der Waals surface area contributed by atoms with Crippen molar-refractivity contribution < 1.29 is 5.11 Å². The monoisotopic (exact) mass is 194 g/mol. The van der Waals surface area contributed by atoms with Crippen LogP contribution in [0.5, 0.6) is 0 Å². The molecule has 0 amide bonds. The van der Waals surface area contributed by atoms with Gasteiger partial charge in [-0.1, -0.05) is 13.8 Å². The van der Waals surface area contributed by atoms with E-state index in [1.165, 1.54) is 0 Å². The number of hydrogen-bond acceptors (Lipinski definition) is 3. The second-order valence-corrected chi connectivity index (χ2v) is 3.94. The topological polar surface area (TPSA) is 36.4 Å². The number of aliphatic hydroxyl groups excluding tert-OH is 1. The predicted octanol–water partition coefficient (Wildman–Crippen LogP) is 1.67. The molecule has 1 aromatic heterocycles. The van der Waals surface area contributed by atoms with Crippen LogP contribution in [0.4, 0.5) is 5.69 Å². The van der Waals surface area contributed by atoms with Crippen molar-refractivity contribution in [2.75, 3.05) is 18.5 Å². The van der Waals surface area contributed by atoms with Gasteiger partial charge in [0.15, 0.2) is 0 Å². The summed E-state index contributed by atoms with van der Waals surface area (Å²) < 4.78 is 0. The summed E-state index contributed by atoms with van der Waals surface area (Å²) in [5.41, 5.74) is 1.95. The van der Waals surface area contributed by atoms with Crippen molar-refractivity contribution in [1.82, 2.24) is 4.98 Å². The smallest absolute Gasteiger partial charge is 0.0703 e. The summed E-state index contributed by atoms with van der Waals surface area (Å²) in [6.07, 6.45) is 3.51. The van der Waals surface area contributed by atoms with Crippen LogP contribution in [0.15, 0.2) is 18.5 Å². The fourth-order valence-electron chi connectivity index (χ4n) is 1.54. The third-order valence-electron chi connectivity index (χ3n) is 2.11. The maximum atomic E-state index is 9.15. The van der Waals surface area contributed by atoms with E-state index in [1.807, 2.05) is 13.1 Å². The van der Waals surface area contributed by atoms with Gasteiger partial charge in [-0.05, 0) is 12.0 Å². The average molecular weight is 194 g/mol. The molecule has 0 radical (unpaired) electrons. The van der Waals surface area contributed by atoms with Gasteiger partial charge in [-0.3, -0.25) is 4.98 Å². The number of hydrogen-bond donors (Lipinski definition) is 1. The molecular weight excluding hydrogens is 176 g/mol. The first-order chi connectivity index (χ1) is 6.65. The van der Waals surface area contributed by atoms with Crippen molar-refractivity contribution >= 4 is 5.69 Å². The van der Waals surface area contributed by atoms with Gasteiger partial charge >= 0.3 is 0 Å². The number of anilines is 1. The maximum absolute atomic E-state index is 9.15. The second-order valence-electron chi connectivity index (χ2n) is 3.94. The minimum atomic E-state index is 0.0697. The lowest BCUT2D eigenvalue weighted by molar-refractivity contribution is 0.282. The lowest BCUT2D eigenvalue weighted by Crippen LogP contribution is -2.23. The molecule has 0 aliphatic heterocycles. The maximum Gasteiger partial charge on any atom is 0.0703 e. The van der Waals surface area contributed by atoms with E-state index < -0.39 is 0 Å². The molecule has 0 fully saturated rings. The molecule has 0 aliphatic rings. The Bertz CT molecular complexity index is 286. The number of aromatic nitrogens is 1. The normalized spacial score (nSPS) is 10.6. The fraction of sp³-hybridized carbons (Fsp3) is 0.545. The first kappa shape index (κ1) is 11.0. The summed E-state index contributed by atoms with van der Waals surface area (Å²) in [6, 6.07) is 1.85. The van der Waals surface area contributed by atoms with Gasteiger partial charge < -0.3 is 10.0 Å². The van der Waals surface area contributed by atoms with Crippen molar-refractivity contribution in [3.63, 3.8) is 0 Å². The Morgan fingerprint density at radius 2 is 2.21 bits per heavy atom. The SMILES string of the molecule is CC(C)CN(C)c1cnccc1CO. The van der Waals surface area contributed by atoms with E-state index >= 15 is 0 Å². The van der Waals surface area contributed by atoms with Gasteiger partial charge in [0, 0.05) is 25.4 Å². The van der Waals surface area contributed by atoms with Gasteiger partial charge in [-0.25, -0.2) is 0 Å². The van der Waals surface area contributed by atoms with E-state index in [-0.39, 0.29) is 6.61 Å². The van der Waals surface area contributed by atoms with E-state index in [9.17, 15) is 0 Å². The van der Waals surface area contributed by atoms with Gasteiger partial charge in [0.2, 0.25) is 0 Å². The van der Waals surface area contributed by atoms with Crippen LogP contribution >= 0.6 is 0 Å². The molecule has 0 saturated heterocycles. The van der Waals surface area contributed by atoms with Gasteiger partial charge in [-0.2, -0.15) is 0 Å². The van der Waals surface area contributed by atoms with E-state index in [4.69, 9.17) is 5.11 Å². The summed E-state index contributed by atoms with van der Waals surface area (Å²) in [5, 5.41) is 9.15. The third kappa shape index (κ3) is 2.70. The zero-order chi connectivity index (χ0) is 10.6. The largest absolute Gasteiger partial charge is 0.392 e. The minimum absolute atomic E-state index is 0.0697.